The standard InChI is InChI=1S/C24H31N3O3/c1-3-20(18-9-5-4-6-10-18)24(29)26-19-11-12-22(27-14-7-8-15-27)21(17-19)23(28)25-13-16-30-2/h4-6,9-12,17,20H,3,7-8,13-16H2,1-2H3,(H,25,28)(H,26,29)/t20-/m1/s1. The predicted octanol–water partition coefficient (Wildman–Crippen LogP) is 3.80. The fraction of sp³-hybridized carbons (Fsp3) is 0.417. The maximum absolute atomic E-state index is 12.9. The number of benzene rings is 2. The van der Waals surface area contributed by atoms with Crippen LogP contribution in [0.4, 0.5) is 11.4 Å². The van der Waals surface area contributed by atoms with Crippen molar-refractivity contribution in [3.8, 4) is 0 Å². The largest absolute Gasteiger partial charge is 0.383 e. The van der Waals surface area contributed by atoms with Crippen molar-refractivity contribution in [2.45, 2.75) is 32.1 Å². The molecule has 1 atom stereocenters. The summed E-state index contributed by atoms with van der Waals surface area (Å²) < 4.78 is 5.03. The van der Waals surface area contributed by atoms with Crippen LogP contribution in [0.2, 0.25) is 0 Å². The molecule has 2 aromatic carbocycles. The molecule has 0 spiro atoms. The van der Waals surface area contributed by atoms with Gasteiger partial charge in [0.05, 0.1) is 18.1 Å². The Labute approximate surface area is 178 Å². The summed E-state index contributed by atoms with van der Waals surface area (Å²) in [6.45, 7) is 4.78. The Hall–Kier alpha value is -2.86. The summed E-state index contributed by atoms with van der Waals surface area (Å²) in [5.41, 5.74) is 3.12. The van der Waals surface area contributed by atoms with Gasteiger partial charge in [-0.25, -0.2) is 0 Å². The SMILES string of the molecule is CC[C@@H](C(=O)Nc1ccc(N2CCCC2)c(C(=O)NCCOC)c1)c1ccccc1. The van der Waals surface area contributed by atoms with E-state index < -0.39 is 0 Å². The molecule has 0 aromatic heterocycles. The van der Waals surface area contributed by atoms with Crippen molar-refractivity contribution < 1.29 is 14.3 Å². The van der Waals surface area contributed by atoms with Gasteiger partial charge in [0.2, 0.25) is 5.91 Å². The number of carbonyl (C=O) groups excluding carboxylic acids is 2. The molecule has 0 radical (unpaired) electrons. The lowest BCUT2D eigenvalue weighted by atomic mass is 9.95. The molecule has 3 rings (SSSR count). The maximum atomic E-state index is 12.9. The maximum Gasteiger partial charge on any atom is 0.253 e. The van der Waals surface area contributed by atoms with Gasteiger partial charge >= 0.3 is 0 Å². The second kappa shape index (κ2) is 10.8. The first-order valence-electron chi connectivity index (χ1n) is 10.7. The molecule has 30 heavy (non-hydrogen) atoms. The molecule has 2 amide bonds. The molecule has 0 saturated carbocycles. The summed E-state index contributed by atoms with van der Waals surface area (Å²) in [5, 5.41) is 5.91. The van der Waals surface area contributed by atoms with E-state index in [1.54, 1.807) is 13.2 Å². The first-order chi connectivity index (χ1) is 14.6. The van der Waals surface area contributed by atoms with Crippen molar-refractivity contribution in [2.75, 3.05) is 43.6 Å². The number of rotatable bonds is 9. The van der Waals surface area contributed by atoms with Gasteiger partial charge < -0.3 is 20.3 Å². The summed E-state index contributed by atoms with van der Waals surface area (Å²) in [6, 6.07) is 15.4. The van der Waals surface area contributed by atoms with Gasteiger partial charge in [0.25, 0.3) is 5.91 Å². The molecular weight excluding hydrogens is 378 g/mol. The number of methoxy groups -OCH3 is 1. The number of anilines is 2. The van der Waals surface area contributed by atoms with Crippen molar-refractivity contribution in [3.05, 3.63) is 59.7 Å². The van der Waals surface area contributed by atoms with Crippen molar-refractivity contribution in [2.24, 2.45) is 0 Å². The summed E-state index contributed by atoms with van der Waals surface area (Å²) >= 11 is 0. The molecule has 1 heterocycles. The number of hydrogen-bond donors (Lipinski definition) is 2. The van der Waals surface area contributed by atoms with E-state index in [2.05, 4.69) is 15.5 Å². The zero-order valence-electron chi connectivity index (χ0n) is 17.8. The van der Waals surface area contributed by atoms with Crippen LogP contribution in [-0.4, -0.2) is 45.2 Å². The van der Waals surface area contributed by atoms with Crippen molar-refractivity contribution in [1.29, 1.82) is 0 Å². The van der Waals surface area contributed by atoms with Crippen LogP contribution < -0.4 is 15.5 Å². The number of nitrogens with zero attached hydrogens (tertiary/aromatic N) is 1. The molecule has 0 bridgehead atoms. The Bertz CT molecular complexity index is 848. The molecule has 160 valence electrons. The molecule has 0 unspecified atom stereocenters. The number of nitrogens with one attached hydrogen (secondary N) is 2. The van der Waals surface area contributed by atoms with E-state index in [9.17, 15) is 9.59 Å². The predicted molar refractivity (Wildman–Crippen MR) is 120 cm³/mol. The average Bonchev–Trinajstić information content (AvgIpc) is 3.30. The van der Waals surface area contributed by atoms with Crippen molar-refractivity contribution in [1.82, 2.24) is 5.32 Å². The minimum absolute atomic E-state index is 0.0663. The molecule has 1 aliphatic rings. The van der Waals surface area contributed by atoms with Crippen LogP contribution in [-0.2, 0) is 9.53 Å². The number of carbonyl (C=O) groups is 2. The van der Waals surface area contributed by atoms with Gasteiger partial charge in [-0.3, -0.25) is 9.59 Å². The first kappa shape index (κ1) is 21.8. The molecule has 1 aliphatic heterocycles. The Balaban J connectivity index is 1.81. The lowest BCUT2D eigenvalue weighted by molar-refractivity contribution is -0.117. The van der Waals surface area contributed by atoms with Crippen molar-refractivity contribution >= 4 is 23.2 Å². The van der Waals surface area contributed by atoms with E-state index in [1.165, 1.54) is 0 Å². The zero-order valence-corrected chi connectivity index (χ0v) is 17.8. The van der Waals surface area contributed by atoms with E-state index in [1.807, 2.05) is 49.4 Å². The fourth-order valence-electron chi connectivity index (χ4n) is 3.88. The highest BCUT2D eigenvalue weighted by molar-refractivity contribution is 6.03. The lowest BCUT2D eigenvalue weighted by Gasteiger charge is -2.22. The first-order valence-corrected chi connectivity index (χ1v) is 10.7. The van der Waals surface area contributed by atoms with Crippen LogP contribution in [0.15, 0.2) is 48.5 Å². The smallest absolute Gasteiger partial charge is 0.253 e. The van der Waals surface area contributed by atoms with E-state index in [4.69, 9.17) is 4.74 Å². The highest BCUT2D eigenvalue weighted by Crippen LogP contribution is 2.29. The topological polar surface area (TPSA) is 70.7 Å². The Kier molecular flexibility index (Phi) is 7.85. The summed E-state index contributed by atoms with van der Waals surface area (Å²) in [7, 11) is 1.61. The highest BCUT2D eigenvalue weighted by atomic mass is 16.5. The lowest BCUT2D eigenvalue weighted by Crippen LogP contribution is -2.30. The van der Waals surface area contributed by atoms with Gasteiger partial charge in [0, 0.05) is 38.1 Å². The minimum Gasteiger partial charge on any atom is -0.383 e. The van der Waals surface area contributed by atoms with Crippen LogP contribution in [0, 0.1) is 0 Å². The van der Waals surface area contributed by atoms with Crippen molar-refractivity contribution in [3.63, 3.8) is 0 Å². The highest BCUT2D eigenvalue weighted by Gasteiger charge is 2.22. The van der Waals surface area contributed by atoms with Crippen LogP contribution in [0.5, 0.6) is 0 Å². The third-order valence-corrected chi connectivity index (χ3v) is 5.47. The molecule has 6 nitrogen and oxygen atoms in total. The van der Waals surface area contributed by atoms with Gasteiger partial charge in [-0.05, 0) is 43.0 Å². The summed E-state index contributed by atoms with van der Waals surface area (Å²) in [6.07, 6.45) is 2.95. The summed E-state index contributed by atoms with van der Waals surface area (Å²) in [4.78, 5) is 28.0. The van der Waals surface area contributed by atoms with Crippen LogP contribution >= 0.6 is 0 Å². The zero-order chi connectivity index (χ0) is 21.3. The van der Waals surface area contributed by atoms with E-state index in [0.29, 0.717) is 30.8 Å². The van der Waals surface area contributed by atoms with E-state index >= 15 is 0 Å². The second-order valence-corrected chi connectivity index (χ2v) is 7.54. The van der Waals surface area contributed by atoms with E-state index in [-0.39, 0.29) is 17.7 Å². The number of hydrogen-bond acceptors (Lipinski definition) is 4. The molecule has 1 saturated heterocycles. The second-order valence-electron chi connectivity index (χ2n) is 7.54. The molecule has 2 N–H and O–H groups in total. The normalized spacial score (nSPS) is 14.4. The third kappa shape index (κ3) is 5.39. The van der Waals surface area contributed by atoms with Gasteiger partial charge in [0.1, 0.15) is 0 Å². The minimum atomic E-state index is -0.233. The average molecular weight is 410 g/mol. The van der Waals surface area contributed by atoms with Crippen LogP contribution in [0.1, 0.15) is 48.0 Å². The van der Waals surface area contributed by atoms with Gasteiger partial charge in [-0.1, -0.05) is 37.3 Å². The Morgan fingerprint density at radius 3 is 2.50 bits per heavy atom. The molecule has 1 fully saturated rings. The summed E-state index contributed by atoms with van der Waals surface area (Å²) in [5.74, 6) is -0.452. The molecule has 2 aromatic rings. The number of amides is 2. The van der Waals surface area contributed by atoms with Gasteiger partial charge in [-0.15, -0.1) is 0 Å². The Morgan fingerprint density at radius 2 is 1.83 bits per heavy atom. The Morgan fingerprint density at radius 1 is 1.10 bits per heavy atom. The molecule has 6 heteroatoms. The van der Waals surface area contributed by atoms with E-state index in [0.717, 1.165) is 37.2 Å². The molecular formula is C24H31N3O3. The third-order valence-electron chi connectivity index (χ3n) is 5.47. The molecule has 0 aliphatic carbocycles. The number of ether oxygens (including phenoxy) is 1. The van der Waals surface area contributed by atoms with Crippen LogP contribution in [0.3, 0.4) is 0 Å². The van der Waals surface area contributed by atoms with Gasteiger partial charge in [0.15, 0.2) is 0 Å². The fourth-order valence-corrected chi connectivity index (χ4v) is 3.88. The monoisotopic (exact) mass is 409 g/mol. The van der Waals surface area contributed by atoms with Crippen LogP contribution in [0.25, 0.3) is 0 Å². The quantitative estimate of drug-likeness (QED) is 0.618. The van der Waals surface area contributed by atoms with Gasteiger partial charge in [-0.2, -0.15) is 0 Å².